The van der Waals surface area contributed by atoms with Crippen LogP contribution in [0.1, 0.15) is 34.0 Å². The van der Waals surface area contributed by atoms with Gasteiger partial charge in [-0.3, -0.25) is 0 Å². The summed E-state index contributed by atoms with van der Waals surface area (Å²) < 4.78 is 69.1. The Morgan fingerprint density at radius 1 is 0.574 bits per heavy atom. The minimum atomic E-state index is -3.83. The number of aromatic nitrogens is 2. The van der Waals surface area contributed by atoms with E-state index in [1.165, 1.54) is 38.5 Å². The van der Waals surface area contributed by atoms with Gasteiger partial charge in [-0.15, -0.1) is 0 Å². The molecule has 0 bridgehead atoms. The second-order valence-corrected chi connectivity index (χ2v) is 16.3. The Morgan fingerprint density at radius 2 is 0.981 bits per heavy atom. The first-order valence-electron chi connectivity index (χ1n) is 17.3. The summed E-state index contributed by atoms with van der Waals surface area (Å²) in [6.45, 7) is 0.201. The highest BCUT2D eigenvalue weighted by molar-refractivity contribution is 7.89. The standard InChI is InChI=1S/C41H40N4O7S2/c1-51-27-15-19-29(20-16-27)53(47,48)42-25-23-33-31-9-3-6-12-36(31)44-40(33)39(35-11-5-8-14-38(35)46)41-34(32-10-4-7-13-37(32)45-41)24-26-43-54(49,50)30-21-17-28(52-2)18-22-30/h3-22,39,42-46H,23-26H2,1-2H3. The van der Waals surface area contributed by atoms with Crippen LogP contribution in [-0.2, 0) is 32.9 Å². The van der Waals surface area contributed by atoms with Gasteiger partial charge < -0.3 is 24.5 Å². The van der Waals surface area contributed by atoms with E-state index in [0.29, 0.717) is 29.9 Å². The fraction of sp³-hybridized carbons (Fsp3) is 0.171. The van der Waals surface area contributed by atoms with Crippen LogP contribution in [-0.4, -0.2) is 59.2 Å². The van der Waals surface area contributed by atoms with Gasteiger partial charge in [0.1, 0.15) is 17.2 Å². The quantitative estimate of drug-likeness (QED) is 0.0787. The van der Waals surface area contributed by atoms with E-state index in [4.69, 9.17) is 9.47 Å². The van der Waals surface area contributed by atoms with Gasteiger partial charge in [-0.25, -0.2) is 26.3 Å². The number of hydrogen-bond donors (Lipinski definition) is 5. The van der Waals surface area contributed by atoms with Gasteiger partial charge in [0.15, 0.2) is 0 Å². The molecule has 2 heterocycles. The maximum Gasteiger partial charge on any atom is 0.240 e. The van der Waals surface area contributed by atoms with Gasteiger partial charge in [0, 0.05) is 51.8 Å². The molecule has 0 aliphatic rings. The summed E-state index contributed by atoms with van der Waals surface area (Å²) in [5, 5.41) is 13.2. The summed E-state index contributed by atoms with van der Waals surface area (Å²) in [6, 6.07) is 35.2. The van der Waals surface area contributed by atoms with Crippen molar-refractivity contribution in [2.45, 2.75) is 28.6 Å². The second-order valence-electron chi connectivity index (χ2n) is 12.8. The van der Waals surface area contributed by atoms with Crippen LogP contribution in [0.25, 0.3) is 21.8 Å². The number of phenolic OH excluding ortho intramolecular Hbond substituents is 1. The third-order valence-corrected chi connectivity index (χ3v) is 12.5. The maximum absolute atomic E-state index is 13.3. The molecular weight excluding hydrogens is 725 g/mol. The molecule has 0 aliphatic carbocycles. The predicted molar refractivity (Wildman–Crippen MR) is 209 cm³/mol. The van der Waals surface area contributed by atoms with E-state index in [-0.39, 0.29) is 28.6 Å². The molecule has 0 fully saturated rings. The van der Waals surface area contributed by atoms with E-state index in [1.807, 2.05) is 60.7 Å². The summed E-state index contributed by atoms with van der Waals surface area (Å²) in [7, 11) is -4.62. The molecule has 0 radical (unpaired) electrons. The van der Waals surface area contributed by atoms with Gasteiger partial charge in [0.05, 0.1) is 29.9 Å². The van der Waals surface area contributed by atoms with Gasteiger partial charge in [-0.1, -0.05) is 54.6 Å². The van der Waals surface area contributed by atoms with Crippen LogP contribution in [0.15, 0.2) is 131 Å². The SMILES string of the molecule is COc1ccc(S(=O)(=O)NCCc2c(C(c3ccccc3O)c3[nH]c4ccccc4c3CCNS(=O)(=O)c3ccc(OC)cc3)[nH]c3ccccc23)cc1. The zero-order valence-electron chi connectivity index (χ0n) is 29.7. The number of aromatic amines is 2. The Kier molecular flexibility index (Phi) is 10.5. The predicted octanol–water partition coefficient (Wildman–Crippen LogP) is 6.59. The lowest BCUT2D eigenvalue weighted by atomic mass is 9.86. The molecule has 2 aromatic heterocycles. The first kappa shape index (κ1) is 36.7. The highest BCUT2D eigenvalue weighted by Crippen LogP contribution is 2.42. The van der Waals surface area contributed by atoms with Crippen molar-refractivity contribution in [3.8, 4) is 17.2 Å². The number of hydrogen-bond acceptors (Lipinski definition) is 7. The van der Waals surface area contributed by atoms with Crippen LogP contribution in [0.3, 0.4) is 0 Å². The van der Waals surface area contributed by atoms with Crippen molar-refractivity contribution in [3.63, 3.8) is 0 Å². The zero-order chi connectivity index (χ0) is 37.9. The molecule has 0 unspecified atom stereocenters. The number of methoxy groups -OCH3 is 2. The Labute approximate surface area is 314 Å². The lowest BCUT2D eigenvalue weighted by Gasteiger charge is -2.21. The minimum absolute atomic E-state index is 0.0807. The first-order valence-corrected chi connectivity index (χ1v) is 20.3. The number of fused-ring (bicyclic) bond motifs is 2. The molecule has 0 spiro atoms. The number of H-pyrrole nitrogens is 2. The number of sulfonamides is 2. The summed E-state index contributed by atoms with van der Waals surface area (Å²) in [6.07, 6.45) is 0.659. The van der Waals surface area contributed by atoms with Crippen molar-refractivity contribution in [1.82, 2.24) is 19.4 Å². The van der Waals surface area contributed by atoms with Gasteiger partial charge in [-0.05, 0) is 90.7 Å². The molecule has 13 heteroatoms. The molecule has 278 valence electrons. The number of phenols is 1. The van der Waals surface area contributed by atoms with Crippen molar-refractivity contribution < 1.29 is 31.4 Å². The highest BCUT2D eigenvalue weighted by Gasteiger charge is 2.30. The van der Waals surface area contributed by atoms with E-state index < -0.39 is 26.0 Å². The van der Waals surface area contributed by atoms with E-state index in [9.17, 15) is 21.9 Å². The molecule has 5 N–H and O–H groups in total. The average Bonchev–Trinajstić information content (AvgIpc) is 3.73. The molecule has 7 rings (SSSR count). The maximum atomic E-state index is 13.3. The Hall–Kier alpha value is -5.60. The molecule has 0 aliphatic heterocycles. The molecule has 0 amide bonds. The summed E-state index contributed by atoms with van der Waals surface area (Å²) >= 11 is 0. The smallest absolute Gasteiger partial charge is 0.240 e. The molecule has 0 saturated heterocycles. The van der Waals surface area contributed by atoms with Gasteiger partial charge in [0.2, 0.25) is 20.0 Å². The Balaban J connectivity index is 1.28. The lowest BCUT2D eigenvalue weighted by molar-refractivity contribution is 0.414. The van der Waals surface area contributed by atoms with E-state index in [1.54, 1.807) is 36.4 Å². The third kappa shape index (κ3) is 7.44. The highest BCUT2D eigenvalue weighted by atomic mass is 32.2. The van der Waals surface area contributed by atoms with Crippen LogP contribution in [0.2, 0.25) is 0 Å². The molecule has 7 aromatic rings. The molecule has 54 heavy (non-hydrogen) atoms. The van der Waals surface area contributed by atoms with Crippen molar-refractivity contribution >= 4 is 41.9 Å². The summed E-state index contributed by atoms with van der Waals surface area (Å²) in [5.74, 6) is 0.613. The number of ether oxygens (including phenoxy) is 2. The second kappa shape index (κ2) is 15.4. The van der Waals surface area contributed by atoms with Crippen LogP contribution in [0.4, 0.5) is 0 Å². The van der Waals surface area contributed by atoms with Crippen molar-refractivity contribution in [3.05, 3.63) is 149 Å². The lowest BCUT2D eigenvalue weighted by Crippen LogP contribution is -2.26. The molecule has 0 saturated carbocycles. The molecule has 5 aromatic carbocycles. The Morgan fingerprint density at radius 3 is 1.41 bits per heavy atom. The van der Waals surface area contributed by atoms with Gasteiger partial charge in [0.25, 0.3) is 0 Å². The summed E-state index contributed by atoms with van der Waals surface area (Å²) in [5.41, 5.74) is 5.62. The van der Waals surface area contributed by atoms with E-state index >= 15 is 0 Å². The fourth-order valence-corrected chi connectivity index (χ4v) is 9.02. The van der Waals surface area contributed by atoms with E-state index in [0.717, 1.165) is 44.3 Å². The summed E-state index contributed by atoms with van der Waals surface area (Å²) in [4.78, 5) is 7.49. The van der Waals surface area contributed by atoms with Crippen LogP contribution >= 0.6 is 0 Å². The van der Waals surface area contributed by atoms with E-state index in [2.05, 4.69) is 19.4 Å². The normalized spacial score (nSPS) is 12.1. The van der Waals surface area contributed by atoms with Gasteiger partial charge >= 0.3 is 0 Å². The van der Waals surface area contributed by atoms with Gasteiger partial charge in [-0.2, -0.15) is 0 Å². The molecular formula is C41H40N4O7S2. The average molecular weight is 765 g/mol. The third-order valence-electron chi connectivity index (χ3n) is 9.59. The number of nitrogens with one attached hydrogen (secondary N) is 4. The minimum Gasteiger partial charge on any atom is -0.508 e. The number of aromatic hydroxyl groups is 1. The van der Waals surface area contributed by atoms with Crippen LogP contribution < -0.4 is 18.9 Å². The largest absolute Gasteiger partial charge is 0.508 e. The first-order chi connectivity index (χ1) is 26.1. The van der Waals surface area contributed by atoms with Crippen LogP contribution in [0.5, 0.6) is 17.2 Å². The monoisotopic (exact) mass is 764 g/mol. The number of rotatable bonds is 15. The molecule has 0 atom stereocenters. The fourth-order valence-electron chi connectivity index (χ4n) is 6.96. The Bertz CT molecular complexity index is 2470. The van der Waals surface area contributed by atoms with Crippen LogP contribution in [0, 0.1) is 0 Å². The number of benzene rings is 5. The topological polar surface area (TPSA) is 163 Å². The van der Waals surface area contributed by atoms with Crippen molar-refractivity contribution in [2.24, 2.45) is 0 Å². The van der Waals surface area contributed by atoms with Crippen molar-refractivity contribution in [1.29, 1.82) is 0 Å². The van der Waals surface area contributed by atoms with Crippen molar-refractivity contribution in [2.75, 3.05) is 27.3 Å². The number of para-hydroxylation sites is 3. The zero-order valence-corrected chi connectivity index (χ0v) is 31.3. The molecule has 11 nitrogen and oxygen atoms in total.